The summed E-state index contributed by atoms with van der Waals surface area (Å²) in [4.78, 5) is 0.751. The van der Waals surface area contributed by atoms with Crippen LogP contribution in [0.15, 0.2) is 18.2 Å². The molecule has 0 aliphatic carbocycles. The molecule has 1 heterocycles. The number of phenolic OH excluding ortho intramolecular Hbond substituents is 1. The Bertz CT molecular complexity index is 450. The number of aromatic hydroxyl groups is 2. The zero-order valence-electron chi connectivity index (χ0n) is 6.82. The molecule has 1 aromatic heterocycles. The van der Waals surface area contributed by atoms with E-state index in [1.54, 1.807) is 18.2 Å². The number of hydrogen-bond acceptors (Lipinski definition) is 4. The van der Waals surface area contributed by atoms with Gasteiger partial charge in [-0.3, -0.25) is 0 Å². The van der Waals surface area contributed by atoms with Crippen molar-refractivity contribution >= 4 is 21.4 Å². The third-order valence-electron chi connectivity index (χ3n) is 1.90. The molecule has 0 spiro atoms. The molecule has 4 N–H and O–H groups in total. The van der Waals surface area contributed by atoms with E-state index in [1.807, 2.05) is 0 Å². The lowest BCUT2D eigenvalue weighted by Crippen LogP contribution is -1.91. The largest absolute Gasteiger partial charge is 0.508 e. The van der Waals surface area contributed by atoms with E-state index >= 15 is 0 Å². The van der Waals surface area contributed by atoms with Crippen molar-refractivity contribution in [3.8, 4) is 11.5 Å². The molecule has 0 unspecified atom stereocenters. The molecule has 0 saturated heterocycles. The Morgan fingerprint density at radius 1 is 1.31 bits per heavy atom. The molecule has 13 heavy (non-hydrogen) atoms. The Morgan fingerprint density at radius 3 is 2.77 bits per heavy atom. The van der Waals surface area contributed by atoms with Gasteiger partial charge in [0, 0.05) is 16.6 Å². The summed E-state index contributed by atoms with van der Waals surface area (Å²) < 4.78 is 0.859. The molecule has 0 radical (unpaired) electrons. The molecule has 0 fully saturated rings. The second-order valence-electron chi connectivity index (χ2n) is 2.76. The van der Waals surface area contributed by atoms with E-state index in [4.69, 9.17) is 5.73 Å². The molecule has 0 saturated carbocycles. The zero-order valence-corrected chi connectivity index (χ0v) is 7.64. The van der Waals surface area contributed by atoms with Gasteiger partial charge in [0.15, 0.2) is 0 Å². The number of rotatable bonds is 1. The maximum Gasteiger partial charge on any atom is 0.138 e. The van der Waals surface area contributed by atoms with Gasteiger partial charge in [0.05, 0.1) is 4.88 Å². The molecule has 0 aliphatic rings. The average Bonchev–Trinajstić information content (AvgIpc) is 2.42. The van der Waals surface area contributed by atoms with E-state index in [1.165, 1.54) is 11.3 Å². The molecule has 4 heteroatoms. The number of fused-ring (bicyclic) bond motifs is 1. The topological polar surface area (TPSA) is 66.5 Å². The summed E-state index contributed by atoms with van der Waals surface area (Å²) in [6.45, 7) is 0.325. The SMILES string of the molecule is NCc1sc2cc(O)ccc2c1O. The highest BCUT2D eigenvalue weighted by atomic mass is 32.1. The number of benzene rings is 1. The van der Waals surface area contributed by atoms with Crippen LogP contribution in [-0.2, 0) is 6.54 Å². The predicted octanol–water partition coefficient (Wildman–Crippen LogP) is 1.77. The average molecular weight is 195 g/mol. The van der Waals surface area contributed by atoms with E-state index in [9.17, 15) is 10.2 Å². The first-order valence-electron chi connectivity index (χ1n) is 3.86. The van der Waals surface area contributed by atoms with Crippen molar-refractivity contribution in [1.29, 1.82) is 0 Å². The van der Waals surface area contributed by atoms with Crippen molar-refractivity contribution in [3.05, 3.63) is 23.1 Å². The highest BCUT2D eigenvalue weighted by Gasteiger charge is 2.09. The monoisotopic (exact) mass is 195 g/mol. The maximum absolute atomic E-state index is 9.63. The molecule has 68 valence electrons. The number of hydrogen-bond donors (Lipinski definition) is 3. The Morgan fingerprint density at radius 2 is 2.08 bits per heavy atom. The Balaban J connectivity index is 2.76. The molecule has 2 rings (SSSR count). The quantitative estimate of drug-likeness (QED) is 0.649. The maximum atomic E-state index is 9.63. The first kappa shape index (κ1) is 8.34. The summed E-state index contributed by atoms with van der Waals surface area (Å²) in [5.74, 6) is 0.444. The molecular weight excluding hydrogens is 186 g/mol. The molecule has 0 amide bonds. The van der Waals surface area contributed by atoms with Gasteiger partial charge in [-0.25, -0.2) is 0 Å². The number of phenols is 1. The highest BCUT2D eigenvalue weighted by Crippen LogP contribution is 2.37. The van der Waals surface area contributed by atoms with Crippen LogP contribution >= 0.6 is 11.3 Å². The van der Waals surface area contributed by atoms with E-state index < -0.39 is 0 Å². The van der Waals surface area contributed by atoms with Crippen LogP contribution in [0.4, 0.5) is 0 Å². The van der Waals surface area contributed by atoms with E-state index in [2.05, 4.69) is 0 Å². The lowest BCUT2D eigenvalue weighted by molar-refractivity contribution is 0.474. The fourth-order valence-electron chi connectivity index (χ4n) is 1.26. The first-order valence-corrected chi connectivity index (χ1v) is 4.67. The van der Waals surface area contributed by atoms with Gasteiger partial charge < -0.3 is 15.9 Å². The second kappa shape index (κ2) is 2.90. The molecule has 0 aliphatic heterocycles. The minimum Gasteiger partial charge on any atom is -0.508 e. The molecular formula is C9H9NO2S. The van der Waals surface area contributed by atoms with Crippen LogP contribution < -0.4 is 5.73 Å². The van der Waals surface area contributed by atoms with Crippen molar-refractivity contribution in [2.45, 2.75) is 6.54 Å². The van der Waals surface area contributed by atoms with Crippen LogP contribution in [0.25, 0.3) is 10.1 Å². The molecule has 2 aromatic rings. The summed E-state index contributed by atoms with van der Waals surface area (Å²) in [6, 6.07) is 4.86. The van der Waals surface area contributed by atoms with Crippen LogP contribution in [-0.4, -0.2) is 10.2 Å². The molecule has 0 bridgehead atoms. The Hall–Kier alpha value is -1.26. The van der Waals surface area contributed by atoms with Crippen molar-refractivity contribution in [1.82, 2.24) is 0 Å². The Kier molecular flexibility index (Phi) is 1.86. The summed E-state index contributed by atoms with van der Waals surface area (Å²) in [6.07, 6.45) is 0. The highest BCUT2D eigenvalue weighted by molar-refractivity contribution is 7.19. The molecule has 0 atom stereocenters. The summed E-state index contributed by atoms with van der Waals surface area (Å²) in [5, 5.41) is 19.6. The van der Waals surface area contributed by atoms with Gasteiger partial charge in [0.2, 0.25) is 0 Å². The van der Waals surface area contributed by atoms with Crippen LogP contribution in [0.2, 0.25) is 0 Å². The normalized spacial score (nSPS) is 10.8. The van der Waals surface area contributed by atoms with E-state index in [0.717, 1.165) is 15.0 Å². The van der Waals surface area contributed by atoms with Crippen molar-refractivity contribution in [2.24, 2.45) is 5.73 Å². The van der Waals surface area contributed by atoms with Gasteiger partial charge >= 0.3 is 0 Å². The van der Waals surface area contributed by atoms with Crippen molar-refractivity contribution in [3.63, 3.8) is 0 Å². The van der Waals surface area contributed by atoms with Crippen LogP contribution in [0.5, 0.6) is 11.5 Å². The van der Waals surface area contributed by atoms with Crippen molar-refractivity contribution < 1.29 is 10.2 Å². The van der Waals surface area contributed by atoms with Gasteiger partial charge in [-0.2, -0.15) is 0 Å². The van der Waals surface area contributed by atoms with Crippen molar-refractivity contribution in [2.75, 3.05) is 0 Å². The lowest BCUT2D eigenvalue weighted by Gasteiger charge is -1.92. The number of thiophene rings is 1. The van der Waals surface area contributed by atoms with E-state index in [0.29, 0.717) is 6.54 Å². The van der Waals surface area contributed by atoms with Crippen LogP contribution in [0, 0.1) is 0 Å². The van der Waals surface area contributed by atoms with Gasteiger partial charge in [-0.05, 0) is 18.2 Å². The lowest BCUT2D eigenvalue weighted by atomic mass is 10.2. The first-order chi connectivity index (χ1) is 6.22. The zero-order chi connectivity index (χ0) is 9.42. The van der Waals surface area contributed by atoms with Gasteiger partial charge in [-0.1, -0.05) is 0 Å². The summed E-state index contributed by atoms with van der Waals surface area (Å²) in [5.41, 5.74) is 5.44. The minimum atomic E-state index is 0.206. The Labute approximate surface area is 79.0 Å². The summed E-state index contributed by atoms with van der Waals surface area (Å²) in [7, 11) is 0. The van der Waals surface area contributed by atoms with Gasteiger partial charge in [0.25, 0.3) is 0 Å². The predicted molar refractivity (Wildman–Crippen MR) is 53.0 cm³/mol. The summed E-state index contributed by atoms with van der Waals surface area (Å²) >= 11 is 1.40. The third kappa shape index (κ3) is 1.24. The van der Waals surface area contributed by atoms with Crippen LogP contribution in [0.1, 0.15) is 4.88 Å². The van der Waals surface area contributed by atoms with Crippen LogP contribution in [0.3, 0.4) is 0 Å². The molecule has 3 nitrogen and oxygen atoms in total. The van der Waals surface area contributed by atoms with Gasteiger partial charge in [0.1, 0.15) is 11.5 Å². The third-order valence-corrected chi connectivity index (χ3v) is 3.07. The van der Waals surface area contributed by atoms with E-state index in [-0.39, 0.29) is 11.5 Å². The molecule has 1 aromatic carbocycles. The fraction of sp³-hybridized carbons (Fsp3) is 0.111. The standard InChI is InChI=1S/C9H9NO2S/c10-4-8-9(12)6-2-1-5(11)3-7(6)13-8/h1-3,11-12H,4,10H2. The number of nitrogens with two attached hydrogens (primary N) is 1. The van der Waals surface area contributed by atoms with Gasteiger partial charge in [-0.15, -0.1) is 11.3 Å². The smallest absolute Gasteiger partial charge is 0.138 e. The fourth-order valence-corrected chi connectivity index (χ4v) is 2.27. The second-order valence-corrected chi connectivity index (χ2v) is 3.90. The minimum absolute atomic E-state index is 0.206.